The van der Waals surface area contributed by atoms with Crippen LogP contribution in [0.3, 0.4) is 0 Å². The van der Waals surface area contributed by atoms with Crippen LogP contribution in [0.1, 0.15) is 24.8 Å². The van der Waals surface area contributed by atoms with Crippen LogP contribution in [-0.4, -0.2) is 31.7 Å². The summed E-state index contributed by atoms with van der Waals surface area (Å²) in [5.41, 5.74) is 2.78. The Kier molecular flexibility index (Phi) is 4.67. The van der Waals surface area contributed by atoms with E-state index in [2.05, 4.69) is 31.2 Å². The molecule has 2 aromatic heterocycles. The van der Waals surface area contributed by atoms with Crippen molar-refractivity contribution in [3.05, 3.63) is 40.5 Å². The zero-order chi connectivity index (χ0) is 17.2. The molecule has 0 amide bonds. The number of aliphatic hydroxyl groups is 1. The lowest BCUT2D eigenvalue weighted by atomic mass is 10.1. The van der Waals surface area contributed by atoms with E-state index < -0.39 is 0 Å². The molecule has 0 spiro atoms. The number of aromatic nitrogens is 4. The fraction of sp³-hybridized carbons (Fsp3) is 0.389. The van der Waals surface area contributed by atoms with Crippen molar-refractivity contribution in [2.24, 2.45) is 5.92 Å². The summed E-state index contributed by atoms with van der Waals surface area (Å²) < 4.78 is 8.78. The summed E-state index contributed by atoms with van der Waals surface area (Å²) in [7, 11) is 0. The van der Waals surface area contributed by atoms with E-state index in [9.17, 15) is 0 Å². The number of aliphatic hydroxyl groups excluding tert-OH is 1. The van der Waals surface area contributed by atoms with Crippen molar-refractivity contribution in [1.82, 2.24) is 20.0 Å². The molecule has 1 N–H and O–H groups in total. The van der Waals surface area contributed by atoms with Gasteiger partial charge in [0.05, 0.1) is 9.99 Å². The molecule has 2 heterocycles. The Balaban J connectivity index is 1.63. The summed E-state index contributed by atoms with van der Waals surface area (Å²) in [5.74, 6) is 1.96. The molecule has 7 heteroatoms. The molecule has 4 rings (SSSR count). The first kappa shape index (κ1) is 16.5. The van der Waals surface area contributed by atoms with E-state index in [0.717, 1.165) is 40.0 Å². The van der Waals surface area contributed by atoms with Crippen LogP contribution in [0, 0.1) is 5.92 Å². The summed E-state index contributed by atoms with van der Waals surface area (Å²) in [6.45, 7) is 1.07. The van der Waals surface area contributed by atoms with Crippen molar-refractivity contribution >= 4 is 27.0 Å². The Morgan fingerprint density at radius 2 is 2.16 bits per heavy atom. The Morgan fingerprint density at radius 1 is 1.28 bits per heavy atom. The van der Waals surface area contributed by atoms with Crippen molar-refractivity contribution in [2.45, 2.75) is 32.2 Å². The molecule has 0 unspecified atom stereocenters. The van der Waals surface area contributed by atoms with Gasteiger partial charge in [-0.15, -0.1) is 5.10 Å². The maximum atomic E-state index is 9.05. The second-order valence-electron chi connectivity index (χ2n) is 6.36. The highest BCUT2D eigenvalue weighted by atomic mass is 79.9. The van der Waals surface area contributed by atoms with Gasteiger partial charge in [0, 0.05) is 24.9 Å². The van der Waals surface area contributed by atoms with Crippen LogP contribution in [0.4, 0.5) is 0 Å². The van der Waals surface area contributed by atoms with Crippen LogP contribution < -0.4 is 4.74 Å². The summed E-state index contributed by atoms with van der Waals surface area (Å²) >= 11 is 3.60. The number of halogens is 1. The monoisotopic (exact) mass is 402 g/mol. The largest absolute Gasteiger partial charge is 0.437 e. The minimum atomic E-state index is 0.147. The number of rotatable bonds is 7. The van der Waals surface area contributed by atoms with Crippen molar-refractivity contribution in [3.63, 3.8) is 0 Å². The van der Waals surface area contributed by atoms with Crippen molar-refractivity contribution in [3.8, 4) is 11.6 Å². The lowest BCUT2D eigenvalue weighted by Crippen LogP contribution is -2.01. The van der Waals surface area contributed by atoms with Crippen molar-refractivity contribution in [2.75, 3.05) is 6.61 Å². The third-order valence-electron chi connectivity index (χ3n) is 4.38. The van der Waals surface area contributed by atoms with Crippen molar-refractivity contribution in [1.29, 1.82) is 0 Å². The molecule has 0 saturated heterocycles. The van der Waals surface area contributed by atoms with Gasteiger partial charge in [0.1, 0.15) is 11.3 Å². The first-order valence-corrected chi connectivity index (χ1v) is 9.30. The highest BCUT2D eigenvalue weighted by Gasteiger charge is 2.24. The minimum absolute atomic E-state index is 0.147. The van der Waals surface area contributed by atoms with Gasteiger partial charge in [-0.1, -0.05) is 11.3 Å². The quantitative estimate of drug-likeness (QED) is 0.651. The maximum absolute atomic E-state index is 9.05. The molecule has 1 aromatic carbocycles. The lowest BCUT2D eigenvalue weighted by Gasteiger charge is -2.11. The predicted octanol–water partition coefficient (Wildman–Crippen LogP) is 3.72. The van der Waals surface area contributed by atoms with Gasteiger partial charge in [-0.2, -0.15) is 0 Å². The normalized spacial score (nSPS) is 14.2. The smallest absolute Gasteiger partial charge is 0.222 e. The molecule has 0 bridgehead atoms. The van der Waals surface area contributed by atoms with Crippen LogP contribution in [0.2, 0.25) is 0 Å². The van der Waals surface area contributed by atoms with Crippen LogP contribution in [-0.2, 0) is 13.0 Å². The first-order chi connectivity index (χ1) is 12.3. The highest BCUT2D eigenvalue weighted by molar-refractivity contribution is 9.10. The third-order valence-corrected chi connectivity index (χ3v) is 5.15. The van der Waals surface area contributed by atoms with Crippen LogP contribution in [0.15, 0.2) is 34.9 Å². The van der Waals surface area contributed by atoms with Crippen molar-refractivity contribution < 1.29 is 9.84 Å². The summed E-state index contributed by atoms with van der Waals surface area (Å²) in [4.78, 5) is 4.33. The summed E-state index contributed by atoms with van der Waals surface area (Å²) in [6.07, 6.45) is 5.66. The topological polar surface area (TPSA) is 73.1 Å². The maximum Gasteiger partial charge on any atom is 0.222 e. The van der Waals surface area contributed by atoms with Crippen LogP contribution in [0.25, 0.3) is 11.0 Å². The number of ether oxygens (including phenoxy) is 1. The molecule has 3 aromatic rings. The lowest BCUT2D eigenvalue weighted by molar-refractivity contribution is 0.288. The highest BCUT2D eigenvalue weighted by Crippen LogP contribution is 2.36. The molecule has 0 aliphatic heterocycles. The predicted molar refractivity (Wildman–Crippen MR) is 97.7 cm³/mol. The van der Waals surface area contributed by atoms with Gasteiger partial charge < -0.3 is 9.84 Å². The molecule has 1 fully saturated rings. The van der Waals surface area contributed by atoms with E-state index in [1.54, 1.807) is 6.20 Å². The van der Waals surface area contributed by atoms with Gasteiger partial charge in [0.15, 0.2) is 0 Å². The molecule has 1 saturated carbocycles. The summed E-state index contributed by atoms with van der Waals surface area (Å²) in [6, 6.07) is 7.76. The first-order valence-electron chi connectivity index (χ1n) is 8.50. The zero-order valence-corrected chi connectivity index (χ0v) is 15.3. The molecule has 25 heavy (non-hydrogen) atoms. The number of benzene rings is 1. The van der Waals surface area contributed by atoms with Crippen LogP contribution in [0.5, 0.6) is 11.6 Å². The van der Waals surface area contributed by atoms with E-state index in [1.807, 2.05) is 28.9 Å². The van der Waals surface area contributed by atoms with Gasteiger partial charge in [0.25, 0.3) is 0 Å². The number of aryl methyl sites for hydroxylation is 1. The Labute approximate surface area is 154 Å². The van der Waals surface area contributed by atoms with Gasteiger partial charge in [-0.25, -0.2) is 9.67 Å². The van der Waals surface area contributed by atoms with E-state index >= 15 is 0 Å². The van der Waals surface area contributed by atoms with E-state index in [-0.39, 0.29) is 6.61 Å². The average Bonchev–Trinajstić information content (AvgIpc) is 3.35. The second kappa shape index (κ2) is 7.09. The molecule has 0 atom stereocenters. The molecule has 0 radical (unpaired) electrons. The molecular weight excluding hydrogens is 384 g/mol. The Hall–Kier alpha value is -1.99. The number of fused-ring (bicyclic) bond motifs is 1. The van der Waals surface area contributed by atoms with Crippen LogP contribution >= 0.6 is 15.9 Å². The van der Waals surface area contributed by atoms with E-state index in [1.165, 1.54) is 12.8 Å². The second-order valence-corrected chi connectivity index (χ2v) is 7.15. The van der Waals surface area contributed by atoms with Gasteiger partial charge in [-0.05, 0) is 65.7 Å². The van der Waals surface area contributed by atoms with E-state index in [4.69, 9.17) is 9.84 Å². The molecule has 130 valence electrons. The number of pyridine rings is 1. The zero-order valence-electron chi connectivity index (χ0n) is 13.7. The fourth-order valence-electron chi connectivity index (χ4n) is 2.82. The molecule has 6 nitrogen and oxygen atoms in total. The average molecular weight is 403 g/mol. The van der Waals surface area contributed by atoms with Gasteiger partial charge in [-0.3, -0.25) is 0 Å². The third kappa shape index (κ3) is 3.52. The van der Waals surface area contributed by atoms with E-state index in [0.29, 0.717) is 18.1 Å². The number of hydrogen-bond acceptors (Lipinski definition) is 5. The van der Waals surface area contributed by atoms with Gasteiger partial charge in [0.2, 0.25) is 5.88 Å². The Morgan fingerprint density at radius 3 is 2.96 bits per heavy atom. The summed E-state index contributed by atoms with van der Waals surface area (Å²) in [5, 5.41) is 17.6. The molecule has 1 aliphatic rings. The Bertz CT molecular complexity index is 892. The number of nitrogens with zero attached hydrogens (tertiary/aromatic N) is 4. The molecular formula is C18H19BrN4O2. The number of hydrogen-bond donors (Lipinski definition) is 1. The fourth-order valence-corrected chi connectivity index (χ4v) is 3.32. The molecule has 1 aliphatic carbocycles. The minimum Gasteiger partial charge on any atom is -0.437 e. The SMILES string of the molecule is OCCCc1cccnc1Oc1ccc2c(nnn2CC2CC2)c1Br. The van der Waals surface area contributed by atoms with Gasteiger partial charge >= 0.3 is 0 Å². The standard InChI is InChI=1S/C18H19BrN4O2/c19-16-15(25-18-13(4-2-10-24)3-1-9-20-18)8-7-14-17(16)21-22-23(14)11-12-5-6-12/h1,3,7-9,12,24H,2,4-6,10-11H2.